The van der Waals surface area contributed by atoms with Gasteiger partial charge in [-0.3, -0.25) is 9.59 Å². The van der Waals surface area contributed by atoms with Gasteiger partial charge >= 0.3 is 0 Å². The monoisotopic (exact) mass is 510 g/mol. The van der Waals surface area contributed by atoms with Gasteiger partial charge in [0.25, 0.3) is 0 Å². The van der Waals surface area contributed by atoms with Crippen molar-refractivity contribution in [2.75, 3.05) is 34.9 Å². The van der Waals surface area contributed by atoms with E-state index >= 15 is 0 Å². The van der Waals surface area contributed by atoms with E-state index < -0.39 is 5.78 Å². The average molecular weight is 511 g/mol. The van der Waals surface area contributed by atoms with Gasteiger partial charge in [-0.2, -0.15) is 0 Å². The Morgan fingerprint density at radius 1 is 0.730 bits per heavy atom. The summed E-state index contributed by atoms with van der Waals surface area (Å²) < 4.78 is 11.4. The van der Waals surface area contributed by atoms with E-state index in [2.05, 4.69) is 21.0 Å². The number of fused-ring (bicyclic) bond motifs is 2. The summed E-state index contributed by atoms with van der Waals surface area (Å²) in [4.78, 5) is 26.8. The molecule has 6 heteroatoms. The fourth-order valence-electron chi connectivity index (χ4n) is 5.35. The van der Waals surface area contributed by atoms with Crippen LogP contribution in [0, 0.1) is 0 Å². The number of ether oxygens (including phenoxy) is 2. The van der Waals surface area contributed by atoms with E-state index in [1.54, 1.807) is 24.3 Å². The first-order valence-electron chi connectivity index (χ1n) is 13.8. The molecule has 37 heavy (non-hydrogen) atoms. The van der Waals surface area contributed by atoms with E-state index in [0.717, 1.165) is 23.0 Å². The van der Waals surface area contributed by atoms with Crippen LogP contribution in [0.1, 0.15) is 109 Å². The van der Waals surface area contributed by atoms with E-state index in [9.17, 15) is 14.7 Å². The Labute approximate surface area is 222 Å². The molecule has 6 nitrogen and oxygen atoms in total. The maximum Gasteiger partial charge on any atom is 0.201 e. The average Bonchev–Trinajstić information content (AvgIpc) is 2.86. The SMILES string of the molecule is CCCCCCCCCCCC[N+](C)(C)Cc1cc(O)c2c(c1)C(=O)c1cc(OC)cc(OC)c1C2=O. The number of phenolic OH excluding ortho intramolecular Hbond substituents is 1. The van der Waals surface area contributed by atoms with Gasteiger partial charge in [0.15, 0.2) is 5.78 Å². The number of ketones is 2. The maximum absolute atomic E-state index is 13.5. The van der Waals surface area contributed by atoms with Gasteiger partial charge in [0.1, 0.15) is 23.8 Å². The minimum Gasteiger partial charge on any atom is -0.507 e. The third-order valence-electron chi connectivity index (χ3n) is 7.38. The second kappa shape index (κ2) is 13.1. The normalized spacial score (nSPS) is 12.9. The number of phenols is 1. The van der Waals surface area contributed by atoms with Crippen LogP contribution in [0.25, 0.3) is 0 Å². The highest BCUT2D eigenvalue weighted by Crippen LogP contribution is 2.40. The van der Waals surface area contributed by atoms with Crippen molar-refractivity contribution in [3.8, 4) is 17.2 Å². The number of hydrogen-bond acceptors (Lipinski definition) is 5. The first kappa shape index (κ1) is 28.7. The molecule has 0 saturated heterocycles. The molecule has 202 valence electrons. The second-order valence-electron chi connectivity index (χ2n) is 10.9. The van der Waals surface area contributed by atoms with Crippen molar-refractivity contribution in [2.24, 2.45) is 0 Å². The summed E-state index contributed by atoms with van der Waals surface area (Å²) >= 11 is 0. The van der Waals surface area contributed by atoms with Crippen LogP contribution in [-0.2, 0) is 6.54 Å². The lowest BCUT2D eigenvalue weighted by atomic mass is 9.82. The van der Waals surface area contributed by atoms with Crippen molar-refractivity contribution in [1.29, 1.82) is 0 Å². The van der Waals surface area contributed by atoms with Crippen molar-refractivity contribution < 1.29 is 28.7 Å². The van der Waals surface area contributed by atoms with Crippen LogP contribution in [0.5, 0.6) is 17.2 Å². The summed E-state index contributed by atoms with van der Waals surface area (Å²) in [7, 11) is 7.28. The molecule has 0 heterocycles. The molecule has 1 aliphatic rings. The molecular formula is C31H44NO5+. The zero-order chi connectivity index (χ0) is 27.0. The number of nitrogens with zero attached hydrogens (tertiary/aromatic N) is 1. The molecule has 0 spiro atoms. The fraction of sp³-hybridized carbons (Fsp3) is 0.548. The summed E-state index contributed by atoms with van der Waals surface area (Å²) in [5, 5.41) is 10.8. The second-order valence-corrected chi connectivity index (χ2v) is 10.9. The summed E-state index contributed by atoms with van der Waals surface area (Å²) in [6, 6.07) is 6.54. The zero-order valence-electron chi connectivity index (χ0n) is 23.3. The third kappa shape index (κ3) is 7.13. The van der Waals surface area contributed by atoms with E-state index in [-0.39, 0.29) is 39.5 Å². The van der Waals surface area contributed by atoms with Crippen molar-refractivity contribution in [3.63, 3.8) is 0 Å². The molecule has 0 aromatic heterocycles. The van der Waals surface area contributed by atoms with E-state index in [1.165, 1.54) is 72.0 Å². The third-order valence-corrected chi connectivity index (χ3v) is 7.38. The molecule has 0 fully saturated rings. The van der Waals surface area contributed by atoms with E-state index in [1.807, 2.05) is 0 Å². The number of hydrogen-bond donors (Lipinski definition) is 1. The summed E-state index contributed by atoms with van der Waals surface area (Å²) in [5.41, 5.74) is 1.53. The summed E-state index contributed by atoms with van der Waals surface area (Å²) in [6.45, 7) is 3.93. The Morgan fingerprint density at radius 3 is 1.92 bits per heavy atom. The largest absolute Gasteiger partial charge is 0.507 e. The topological polar surface area (TPSA) is 72.8 Å². The maximum atomic E-state index is 13.5. The Hall–Kier alpha value is -2.86. The Morgan fingerprint density at radius 2 is 1.32 bits per heavy atom. The number of unbranched alkanes of at least 4 members (excludes halogenated alkanes) is 9. The molecule has 0 unspecified atom stereocenters. The minimum absolute atomic E-state index is 0.0460. The number of aromatic hydroxyl groups is 1. The molecule has 0 atom stereocenters. The van der Waals surface area contributed by atoms with Crippen molar-refractivity contribution in [1.82, 2.24) is 0 Å². The highest BCUT2D eigenvalue weighted by Gasteiger charge is 2.36. The number of rotatable bonds is 15. The quantitative estimate of drug-likeness (QED) is 0.182. The van der Waals surface area contributed by atoms with Gasteiger partial charge in [-0.25, -0.2) is 0 Å². The predicted molar refractivity (Wildman–Crippen MR) is 147 cm³/mol. The van der Waals surface area contributed by atoms with Crippen LogP contribution in [0.4, 0.5) is 0 Å². The van der Waals surface area contributed by atoms with Gasteiger partial charge in [-0.15, -0.1) is 0 Å². The summed E-state index contributed by atoms with van der Waals surface area (Å²) in [5.74, 6) is -0.175. The highest BCUT2D eigenvalue weighted by molar-refractivity contribution is 6.30. The first-order valence-corrected chi connectivity index (χ1v) is 13.8. The number of methoxy groups -OCH3 is 2. The number of benzene rings is 2. The van der Waals surface area contributed by atoms with Gasteiger partial charge in [-0.05, 0) is 31.0 Å². The molecule has 0 amide bonds. The van der Waals surface area contributed by atoms with Gasteiger partial charge < -0.3 is 19.1 Å². The lowest BCUT2D eigenvalue weighted by Gasteiger charge is -2.30. The fourth-order valence-corrected chi connectivity index (χ4v) is 5.35. The standard InChI is InChI=1S/C31H43NO5/c1-6-7-8-9-10-11-12-13-14-15-16-32(2,3)21-22-17-24-28(26(33)18-22)31(35)29-25(30(24)34)19-23(36-4)20-27(29)37-5/h17-20H,6-16,21H2,1-5H3/p+1. The van der Waals surface area contributed by atoms with Gasteiger partial charge in [0.2, 0.25) is 5.78 Å². The Bertz CT molecular complexity index is 1110. The smallest absolute Gasteiger partial charge is 0.201 e. The molecule has 2 aromatic carbocycles. The van der Waals surface area contributed by atoms with Gasteiger partial charge in [0, 0.05) is 22.8 Å². The molecule has 0 bridgehead atoms. The summed E-state index contributed by atoms with van der Waals surface area (Å²) in [6.07, 6.45) is 13.0. The van der Waals surface area contributed by atoms with Gasteiger partial charge in [0.05, 0.1) is 46.0 Å². The lowest BCUT2D eigenvalue weighted by molar-refractivity contribution is -0.903. The van der Waals surface area contributed by atoms with Crippen LogP contribution >= 0.6 is 0 Å². The van der Waals surface area contributed by atoms with Crippen LogP contribution in [0.3, 0.4) is 0 Å². The molecule has 0 aliphatic heterocycles. The van der Waals surface area contributed by atoms with Crippen LogP contribution in [-0.4, -0.2) is 56.0 Å². The van der Waals surface area contributed by atoms with Gasteiger partial charge in [-0.1, -0.05) is 58.3 Å². The molecule has 1 aliphatic carbocycles. The highest BCUT2D eigenvalue weighted by atomic mass is 16.5. The first-order chi connectivity index (χ1) is 17.7. The predicted octanol–water partition coefficient (Wildman–Crippen LogP) is 6.68. The van der Waals surface area contributed by atoms with Crippen LogP contribution in [0.15, 0.2) is 24.3 Å². The molecule has 0 radical (unpaired) electrons. The Kier molecular flexibility index (Phi) is 10.2. The van der Waals surface area contributed by atoms with Crippen molar-refractivity contribution in [2.45, 2.75) is 77.7 Å². The number of carbonyl (C=O) groups is 2. The van der Waals surface area contributed by atoms with E-state index in [0.29, 0.717) is 12.3 Å². The number of quaternary nitrogens is 1. The van der Waals surface area contributed by atoms with Crippen molar-refractivity contribution >= 4 is 11.6 Å². The zero-order valence-corrected chi connectivity index (χ0v) is 23.3. The van der Waals surface area contributed by atoms with Crippen LogP contribution < -0.4 is 9.47 Å². The molecule has 2 aromatic rings. The van der Waals surface area contributed by atoms with Crippen LogP contribution in [0.2, 0.25) is 0 Å². The lowest BCUT2D eigenvalue weighted by Crippen LogP contribution is -2.39. The van der Waals surface area contributed by atoms with E-state index in [4.69, 9.17) is 9.47 Å². The van der Waals surface area contributed by atoms with Crippen molar-refractivity contribution in [3.05, 3.63) is 52.1 Å². The molecule has 0 saturated carbocycles. The minimum atomic E-state index is -0.410. The molecule has 3 rings (SSSR count). The molecular weight excluding hydrogens is 466 g/mol. The molecule has 1 N–H and O–H groups in total. The Balaban J connectivity index is 1.64. The number of carbonyl (C=O) groups excluding carboxylic acids is 2.